The normalized spacial score (nSPS) is 15.1. The van der Waals surface area contributed by atoms with Crippen molar-refractivity contribution < 1.29 is 33.4 Å². The van der Waals surface area contributed by atoms with Crippen LogP contribution in [0.4, 0.5) is 17.1 Å². The van der Waals surface area contributed by atoms with Crippen LogP contribution in [0.25, 0.3) is 28.0 Å². The fourth-order valence-electron chi connectivity index (χ4n) is 7.15. The van der Waals surface area contributed by atoms with Gasteiger partial charge < -0.3 is 15.5 Å². The Morgan fingerprint density at radius 2 is 1.14 bits per heavy atom. The zero-order chi connectivity index (χ0) is 35.4. The Kier molecular flexibility index (Phi) is 17.0. The third-order valence-electron chi connectivity index (χ3n) is 9.30. The zero-order valence-electron chi connectivity index (χ0n) is 30.2. The third kappa shape index (κ3) is 12.2. The largest absolute Gasteiger partial charge is 0.698 e. The first-order valence-corrected chi connectivity index (χ1v) is 20.8. The van der Waals surface area contributed by atoms with Crippen LogP contribution in [0.1, 0.15) is 64.2 Å². The average Bonchev–Trinajstić information content (AvgIpc) is 3.09. The van der Waals surface area contributed by atoms with Crippen LogP contribution in [0, 0.1) is 6.07 Å². The van der Waals surface area contributed by atoms with Crippen molar-refractivity contribution >= 4 is 40.4 Å². The second kappa shape index (κ2) is 20.4. The summed E-state index contributed by atoms with van der Waals surface area (Å²) in [5, 5.41) is 1.69. The van der Waals surface area contributed by atoms with Gasteiger partial charge in [-0.2, -0.15) is 8.42 Å². The zero-order valence-corrected chi connectivity index (χ0v) is 33.5. The molecule has 9 heteroatoms. The number of rotatable bonds is 7. The molecule has 0 aliphatic heterocycles. The molecular formula is C41H54N3O3PPdS-. The van der Waals surface area contributed by atoms with Crippen LogP contribution in [-0.4, -0.2) is 58.7 Å². The minimum Gasteiger partial charge on any atom is -0.698 e. The Morgan fingerprint density at radius 1 is 0.680 bits per heavy atom. The van der Waals surface area contributed by atoms with E-state index in [-0.39, 0.29) is 28.3 Å². The van der Waals surface area contributed by atoms with Gasteiger partial charge in [0.05, 0.1) is 6.26 Å². The van der Waals surface area contributed by atoms with E-state index >= 15 is 0 Å². The van der Waals surface area contributed by atoms with Gasteiger partial charge in [-0.05, 0) is 77.2 Å². The van der Waals surface area contributed by atoms with E-state index in [1.165, 1.54) is 86.7 Å². The molecule has 0 heterocycles. The Labute approximate surface area is 317 Å². The topological polar surface area (TPSA) is 84.7 Å². The van der Waals surface area contributed by atoms with Crippen molar-refractivity contribution in [2.45, 2.75) is 75.5 Å². The summed E-state index contributed by atoms with van der Waals surface area (Å²) in [7, 11) is 4.94. The van der Waals surface area contributed by atoms with Gasteiger partial charge in [0.25, 0.3) is 10.1 Å². The van der Waals surface area contributed by atoms with E-state index in [0.29, 0.717) is 11.9 Å². The SMILES string of the molecule is CN(C)c1cccc(N(C)C)c1-c1ccccc1P(C1CCCCC1)C1CCCCC1.CS(=O)(=O)O.[NH-]c1ccccc1-c1[c]cccc1.[Pd]. The fraction of sp³-hybridized carbons (Fsp3) is 0.415. The molecule has 0 unspecified atom stereocenters. The van der Waals surface area contributed by atoms with Crippen LogP contribution in [0.3, 0.4) is 0 Å². The molecule has 50 heavy (non-hydrogen) atoms. The number of hydrogen-bond acceptors (Lipinski definition) is 4. The van der Waals surface area contributed by atoms with E-state index in [0.717, 1.165) is 22.4 Å². The number of benzene rings is 4. The van der Waals surface area contributed by atoms with E-state index in [4.69, 9.17) is 10.3 Å². The van der Waals surface area contributed by atoms with Crippen LogP contribution in [0.5, 0.6) is 0 Å². The fourth-order valence-corrected chi connectivity index (χ4v) is 11.1. The van der Waals surface area contributed by atoms with Gasteiger partial charge in [0.1, 0.15) is 0 Å². The van der Waals surface area contributed by atoms with Crippen molar-refractivity contribution in [1.29, 1.82) is 0 Å². The predicted octanol–water partition coefficient (Wildman–Crippen LogP) is 10.6. The summed E-state index contributed by atoms with van der Waals surface area (Å²) in [6.45, 7) is 0. The summed E-state index contributed by atoms with van der Waals surface area (Å²) in [5.41, 5.74) is 17.6. The molecule has 6 nitrogen and oxygen atoms in total. The van der Waals surface area contributed by atoms with Gasteiger partial charge in [-0.3, -0.25) is 4.55 Å². The minimum atomic E-state index is -3.67. The molecule has 2 aliphatic rings. The summed E-state index contributed by atoms with van der Waals surface area (Å²) in [6, 6.07) is 34.7. The van der Waals surface area contributed by atoms with E-state index in [9.17, 15) is 8.42 Å². The number of nitrogens with zero attached hydrogens (tertiary/aromatic N) is 2. The van der Waals surface area contributed by atoms with Crippen molar-refractivity contribution in [3.8, 4) is 22.3 Å². The first-order valence-electron chi connectivity index (χ1n) is 17.5. The van der Waals surface area contributed by atoms with Crippen LogP contribution in [-0.2, 0) is 30.5 Å². The smallest absolute Gasteiger partial charge is 0.261 e. The quantitative estimate of drug-likeness (QED) is 0.114. The van der Waals surface area contributed by atoms with Crippen molar-refractivity contribution in [3.05, 3.63) is 103 Å². The Bertz CT molecular complexity index is 1660. The standard InChI is InChI=1S/C28H41N2P.C12H9N.CH4O3S.Pd/c1-29(2)25-19-13-20-26(30(3)4)28(25)24-18-11-12-21-27(24)31(22-14-7-5-8-15-22)23-16-9-6-10-17-23;13-12-9-5-4-8-11(12)10-6-2-1-3-7-10;1-5(2,3)4;/h11-13,18-23H,5-10,14-17H2,1-4H3;1-6,8-9,13H;1H3,(H,2,3,4);/q;-1;;. The maximum atomic E-state index is 9.19. The van der Waals surface area contributed by atoms with Crippen molar-refractivity contribution in [2.75, 3.05) is 44.2 Å². The van der Waals surface area contributed by atoms with E-state index in [2.05, 4.69) is 86.5 Å². The van der Waals surface area contributed by atoms with Crippen molar-refractivity contribution in [3.63, 3.8) is 0 Å². The molecule has 6 rings (SSSR count). The van der Waals surface area contributed by atoms with Crippen LogP contribution >= 0.6 is 7.92 Å². The molecule has 2 N–H and O–H groups in total. The molecule has 2 saturated carbocycles. The Hall–Kier alpha value is -2.72. The predicted molar refractivity (Wildman–Crippen MR) is 213 cm³/mol. The molecular weight excluding hydrogens is 752 g/mol. The molecule has 0 bridgehead atoms. The Morgan fingerprint density at radius 3 is 1.60 bits per heavy atom. The van der Waals surface area contributed by atoms with Crippen molar-refractivity contribution in [1.82, 2.24) is 0 Å². The molecule has 4 aromatic carbocycles. The van der Waals surface area contributed by atoms with Crippen LogP contribution in [0.15, 0.2) is 91.0 Å². The van der Waals surface area contributed by atoms with E-state index in [1.54, 1.807) is 11.4 Å². The molecule has 0 atom stereocenters. The average molecular weight is 806 g/mol. The number of nitrogens with one attached hydrogen (secondary N) is 1. The summed E-state index contributed by atoms with van der Waals surface area (Å²) in [6.07, 6.45) is 15.2. The number of anilines is 2. The molecule has 0 amide bonds. The summed E-state index contributed by atoms with van der Waals surface area (Å²) in [4.78, 5) is 4.59. The van der Waals surface area contributed by atoms with Gasteiger partial charge in [-0.15, -0.1) is 5.69 Å². The molecule has 0 spiro atoms. The monoisotopic (exact) mass is 805 g/mol. The van der Waals surface area contributed by atoms with Gasteiger partial charge in [0.15, 0.2) is 0 Å². The van der Waals surface area contributed by atoms with Crippen LogP contribution in [0.2, 0.25) is 0 Å². The molecule has 273 valence electrons. The van der Waals surface area contributed by atoms with Gasteiger partial charge in [0, 0.05) is 65.6 Å². The minimum absolute atomic E-state index is 0. The maximum Gasteiger partial charge on any atom is 0.261 e. The van der Waals surface area contributed by atoms with Crippen molar-refractivity contribution in [2.24, 2.45) is 0 Å². The molecule has 0 aromatic heterocycles. The molecule has 0 saturated heterocycles. The molecule has 2 fully saturated rings. The molecule has 1 radical (unpaired) electrons. The van der Waals surface area contributed by atoms with Gasteiger partial charge in [-0.1, -0.05) is 125 Å². The number of hydrogen-bond donors (Lipinski definition) is 1. The first-order chi connectivity index (χ1) is 23.5. The van der Waals surface area contributed by atoms with Gasteiger partial charge >= 0.3 is 0 Å². The summed E-state index contributed by atoms with van der Waals surface area (Å²) in [5.74, 6) is 0. The van der Waals surface area contributed by atoms with E-state index < -0.39 is 10.1 Å². The second-order valence-electron chi connectivity index (χ2n) is 13.5. The van der Waals surface area contributed by atoms with Gasteiger partial charge in [-0.25, -0.2) is 0 Å². The summed E-state index contributed by atoms with van der Waals surface area (Å²) >= 11 is 0. The third-order valence-corrected chi connectivity index (χ3v) is 12.9. The van der Waals surface area contributed by atoms with Gasteiger partial charge in [0.2, 0.25) is 0 Å². The molecule has 2 aliphatic carbocycles. The van der Waals surface area contributed by atoms with E-state index in [1.807, 2.05) is 42.5 Å². The first kappa shape index (κ1) is 41.7. The summed E-state index contributed by atoms with van der Waals surface area (Å²) < 4.78 is 25.9. The Balaban J connectivity index is 0.000000293. The second-order valence-corrected chi connectivity index (χ2v) is 17.7. The molecule has 4 aromatic rings. The maximum absolute atomic E-state index is 9.19. The van der Waals surface area contributed by atoms with Crippen LogP contribution < -0.4 is 15.1 Å².